The van der Waals surface area contributed by atoms with Crippen LogP contribution < -0.4 is 0 Å². The Morgan fingerprint density at radius 2 is 0.655 bits per heavy atom. The van der Waals surface area contributed by atoms with E-state index in [4.69, 9.17) is 9.97 Å². The summed E-state index contributed by atoms with van der Waals surface area (Å²) in [6.45, 7) is 0. The highest BCUT2D eigenvalue weighted by atomic mass is 32.1. The molecule has 0 bridgehead atoms. The van der Waals surface area contributed by atoms with Crippen LogP contribution in [0.25, 0.3) is 98.6 Å². The molecule has 0 radical (unpaired) electrons. The maximum absolute atomic E-state index is 5.36. The SMILES string of the molecule is c1ccc(-c2cccc(-c3cccc(-c4cccc(-c5cccc(-c6nc(-c7cccc(-c8ccccc8)c7)c7c(n6)sc6ccccc67)c5)c4)c3)c2)cc1. The molecule has 0 fully saturated rings. The van der Waals surface area contributed by atoms with Crippen molar-refractivity contribution in [3.8, 4) is 78.3 Å². The Labute approximate surface area is 324 Å². The van der Waals surface area contributed by atoms with Crippen molar-refractivity contribution < 1.29 is 0 Å². The van der Waals surface area contributed by atoms with Crippen molar-refractivity contribution in [3.63, 3.8) is 0 Å². The van der Waals surface area contributed by atoms with Gasteiger partial charge in [-0.3, -0.25) is 0 Å². The fourth-order valence-corrected chi connectivity index (χ4v) is 8.62. The van der Waals surface area contributed by atoms with E-state index in [1.807, 2.05) is 0 Å². The van der Waals surface area contributed by atoms with Crippen molar-refractivity contribution in [2.75, 3.05) is 0 Å². The van der Waals surface area contributed by atoms with Gasteiger partial charge in [0.25, 0.3) is 0 Å². The van der Waals surface area contributed by atoms with Gasteiger partial charge in [0.05, 0.1) is 5.69 Å². The predicted octanol–water partition coefficient (Wildman–Crippen LogP) is 14.5. The van der Waals surface area contributed by atoms with Crippen LogP contribution in [0.3, 0.4) is 0 Å². The number of aromatic nitrogens is 2. The molecule has 0 N–H and O–H groups in total. The Morgan fingerprint density at radius 1 is 0.291 bits per heavy atom. The molecule has 0 unspecified atom stereocenters. The van der Waals surface area contributed by atoms with E-state index < -0.39 is 0 Å². The third kappa shape index (κ3) is 6.41. The fraction of sp³-hybridized carbons (Fsp3) is 0. The van der Waals surface area contributed by atoms with Gasteiger partial charge < -0.3 is 0 Å². The van der Waals surface area contributed by atoms with E-state index in [1.54, 1.807) is 11.3 Å². The Balaban J connectivity index is 1.03. The van der Waals surface area contributed by atoms with Gasteiger partial charge in [-0.1, -0.05) is 170 Å². The van der Waals surface area contributed by atoms with E-state index in [9.17, 15) is 0 Å². The number of nitrogens with zero attached hydrogens (tertiary/aromatic N) is 2. The second-order valence-corrected chi connectivity index (χ2v) is 14.8. The molecule has 0 spiro atoms. The van der Waals surface area contributed by atoms with Gasteiger partial charge in [-0.15, -0.1) is 11.3 Å². The van der Waals surface area contributed by atoms with Gasteiger partial charge in [0.15, 0.2) is 5.82 Å². The zero-order chi connectivity index (χ0) is 36.6. The van der Waals surface area contributed by atoms with Gasteiger partial charge in [0, 0.05) is 26.6 Å². The first kappa shape index (κ1) is 32.7. The number of fused-ring (bicyclic) bond motifs is 3. The summed E-state index contributed by atoms with van der Waals surface area (Å²) in [5.74, 6) is 0.725. The summed E-state index contributed by atoms with van der Waals surface area (Å²) in [7, 11) is 0. The minimum Gasteiger partial charge on any atom is -0.227 e. The molecule has 10 aromatic rings. The normalized spacial score (nSPS) is 11.3. The van der Waals surface area contributed by atoms with Crippen LogP contribution in [0.1, 0.15) is 0 Å². The van der Waals surface area contributed by atoms with Crippen molar-refractivity contribution in [3.05, 3.63) is 206 Å². The average molecular weight is 719 g/mol. The molecule has 2 nitrogen and oxygen atoms in total. The van der Waals surface area contributed by atoms with Crippen LogP contribution >= 0.6 is 11.3 Å². The topological polar surface area (TPSA) is 25.8 Å². The highest BCUT2D eigenvalue weighted by Crippen LogP contribution is 2.41. The minimum atomic E-state index is 0.725. The van der Waals surface area contributed by atoms with E-state index in [2.05, 4.69) is 206 Å². The molecule has 8 aromatic carbocycles. The maximum Gasteiger partial charge on any atom is 0.161 e. The van der Waals surface area contributed by atoms with Crippen LogP contribution in [-0.2, 0) is 0 Å². The molecule has 0 saturated carbocycles. The molecule has 258 valence electrons. The fourth-order valence-electron chi connectivity index (χ4n) is 7.54. The average Bonchev–Trinajstić information content (AvgIpc) is 3.66. The molecule has 2 heterocycles. The lowest BCUT2D eigenvalue weighted by molar-refractivity contribution is 1.24. The minimum absolute atomic E-state index is 0.725. The van der Waals surface area contributed by atoms with Crippen molar-refractivity contribution in [1.29, 1.82) is 0 Å². The lowest BCUT2D eigenvalue weighted by atomic mass is 9.94. The predicted molar refractivity (Wildman–Crippen MR) is 233 cm³/mol. The lowest BCUT2D eigenvalue weighted by Crippen LogP contribution is -1.94. The van der Waals surface area contributed by atoms with Crippen LogP contribution in [0.2, 0.25) is 0 Å². The largest absolute Gasteiger partial charge is 0.227 e. The first-order valence-electron chi connectivity index (χ1n) is 18.6. The Bertz CT molecular complexity index is 2980. The van der Waals surface area contributed by atoms with Crippen LogP contribution in [0, 0.1) is 0 Å². The standard InChI is InChI=1S/C52H34N2S/c1-3-14-35(15-4-1)37-18-9-20-39(30-37)40-21-10-22-41(31-40)42-23-11-24-43(32-42)44-25-13-27-46(34-44)51-53-50(49-47-28-7-8-29-48(47)55-52(49)54-51)45-26-12-19-38(33-45)36-16-5-2-6-17-36/h1-34H. The van der Waals surface area contributed by atoms with Gasteiger partial charge in [-0.25, -0.2) is 9.97 Å². The highest BCUT2D eigenvalue weighted by molar-refractivity contribution is 7.25. The first-order chi connectivity index (χ1) is 27.2. The van der Waals surface area contributed by atoms with Gasteiger partial charge in [0.2, 0.25) is 0 Å². The van der Waals surface area contributed by atoms with E-state index in [0.29, 0.717) is 0 Å². The summed E-state index contributed by atoms with van der Waals surface area (Å²) < 4.78 is 1.21. The molecule has 10 rings (SSSR count). The van der Waals surface area contributed by atoms with Crippen molar-refractivity contribution >= 4 is 31.6 Å². The molecule has 0 aliphatic carbocycles. The molecule has 55 heavy (non-hydrogen) atoms. The molecule has 0 saturated heterocycles. The molecule has 2 aromatic heterocycles. The number of hydrogen-bond donors (Lipinski definition) is 0. The van der Waals surface area contributed by atoms with Crippen LogP contribution in [0.5, 0.6) is 0 Å². The molecular formula is C52H34N2S. The Hall–Kier alpha value is -6.94. The van der Waals surface area contributed by atoms with E-state index >= 15 is 0 Å². The van der Waals surface area contributed by atoms with Crippen molar-refractivity contribution in [2.24, 2.45) is 0 Å². The zero-order valence-corrected chi connectivity index (χ0v) is 30.7. The van der Waals surface area contributed by atoms with Crippen LogP contribution in [-0.4, -0.2) is 9.97 Å². The Kier molecular flexibility index (Phi) is 8.40. The molecule has 0 atom stereocenters. The molecule has 3 heteroatoms. The molecule has 0 amide bonds. The summed E-state index contributed by atoms with van der Waals surface area (Å²) in [6, 6.07) is 73.5. The first-order valence-corrected chi connectivity index (χ1v) is 19.4. The van der Waals surface area contributed by atoms with Gasteiger partial charge in [-0.05, 0) is 92.0 Å². The zero-order valence-electron chi connectivity index (χ0n) is 29.9. The number of benzene rings is 8. The van der Waals surface area contributed by atoms with E-state index in [1.165, 1.54) is 54.6 Å². The summed E-state index contributed by atoms with van der Waals surface area (Å²) in [5, 5.41) is 2.29. The third-order valence-electron chi connectivity index (χ3n) is 10.3. The molecule has 0 aliphatic rings. The second kappa shape index (κ2) is 14.1. The number of rotatable bonds is 7. The quantitative estimate of drug-likeness (QED) is 0.164. The molecular weight excluding hydrogens is 685 g/mol. The summed E-state index contributed by atoms with van der Waals surface area (Å²) in [6.07, 6.45) is 0. The van der Waals surface area contributed by atoms with Crippen molar-refractivity contribution in [2.45, 2.75) is 0 Å². The second-order valence-electron chi connectivity index (χ2n) is 13.8. The number of hydrogen-bond acceptors (Lipinski definition) is 3. The van der Waals surface area contributed by atoms with Crippen molar-refractivity contribution in [1.82, 2.24) is 9.97 Å². The van der Waals surface area contributed by atoms with Gasteiger partial charge in [-0.2, -0.15) is 0 Å². The van der Waals surface area contributed by atoms with Crippen LogP contribution in [0.15, 0.2) is 206 Å². The van der Waals surface area contributed by atoms with Crippen LogP contribution in [0.4, 0.5) is 0 Å². The van der Waals surface area contributed by atoms with Gasteiger partial charge >= 0.3 is 0 Å². The summed E-state index contributed by atoms with van der Waals surface area (Å²) in [5.41, 5.74) is 14.8. The Morgan fingerprint density at radius 3 is 1.16 bits per heavy atom. The smallest absolute Gasteiger partial charge is 0.161 e. The summed E-state index contributed by atoms with van der Waals surface area (Å²) in [4.78, 5) is 11.6. The molecule has 0 aliphatic heterocycles. The maximum atomic E-state index is 5.36. The lowest BCUT2D eigenvalue weighted by Gasteiger charge is -2.11. The van der Waals surface area contributed by atoms with E-state index in [-0.39, 0.29) is 0 Å². The van der Waals surface area contributed by atoms with Gasteiger partial charge in [0.1, 0.15) is 4.83 Å². The summed E-state index contributed by atoms with van der Waals surface area (Å²) >= 11 is 1.73. The number of thiophene rings is 1. The highest BCUT2D eigenvalue weighted by Gasteiger charge is 2.18. The monoisotopic (exact) mass is 718 g/mol. The van der Waals surface area contributed by atoms with E-state index in [0.717, 1.165) is 44.0 Å². The third-order valence-corrected chi connectivity index (χ3v) is 11.4.